The monoisotopic (exact) mass is 220 g/mol. The molecular weight excluding hydrogens is 211 g/mol. The van der Waals surface area contributed by atoms with Gasteiger partial charge in [-0.2, -0.15) is 0 Å². The molecule has 0 atom stereocenters. The summed E-state index contributed by atoms with van der Waals surface area (Å²) in [7, 11) is 1.43. The van der Waals surface area contributed by atoms with Crippen molar-refractivity contribution < 1.29 is 18.3 Å². The van der Waals surface area contributed by atoms with Crippen LogP contribution in [-0.4, -0.2) is 12.9 Å². The molecule has 0 radical (unpaired) electrons. The van der Waals surface area contributed by atoms with Crippen molar-refractivity contribution in [3.05, 3.63) is 53.7 Å². The normalized spacial score (nSPS) is 10.1. The molecule has 1 aromatic carbocycles. The number of rotatable bonds is 3. The Balaban J connectivity index is 2.38. The summed E-state index contributed by atoms with van der Waals surface area (Å²) >= 11 is 0. The van der Waals surface area contributed by atoms with E-state index >= 15 is 0 Å². The Morgan fingerprint density at radius 1 is 1.38 bits per heavy atom. The van der Waals surface area contributed by atoms with Gasteiger partial charge in [-0.1, -0.05) is 0 Å². The van der Waals surface area contributed by atoms with E-state index < -0.39 is 11.6 Å². The molecule has 0 aliphatic heterocycles. The van der Waals surface area contributed by atoms with Crippen LogP contribution in [-0.2, 0) is 0 Å². The number of hydrogen-bond donors (Lipinski definition) is 0. The number of ketones is 1. The smallest absolute Gasteiger partial charge is 0.231 e. The second-order valence-corrected chi connectivity index (χ2v) is 3.15. The topological polar surface area (TPSA) is 39.4 Å². The van der Waals surface area contributed by atoms with Crippen LogP contribution < -0.4 is 4.74 Å². The molecule has 0 aliphatic rings. The van der Waals surface area contributed by atoms with Crippen LogP contribution >= 0.6 is 0 Å². The first-order chi connectivity index (χ1) is 7.72. The van der Waals surface area contributed by atoms with Gasteiger partial charge >= 0.3 is 0 Å². The first-order valence-corrected chi connectivity index (χ1v) is 4.64. The highest BCUT2D eigenvalue weighted by atomic mass is 19.1. The first kappa shape index (κ1) is 10.4. The lowest BCUT2D eigenvalue weighted by molar-refractivity contribution is 0.100. The molecule has 2 rings (SSSR count). The SMILES string of the molecule is COc1ccc(C(=O)c2ccco2)c(F)c1. The summed E-state index contributed by atoms with van der Waals surface area (Å²) in [5.74, 6) is -0.622. The van der Waals surface area contributed by atoms with Gasteiger partial charge in [0.1, 0.15) is 11.6 Å². The number of benzene rings is 1. The van der Waals surface area contributed by atoms with Crippen molar-refractivity contribution in [3.63, 3.8) is 0 Å². The van der Waals surface area contributed by atoms with Gasteiger partial charge in [0.25, 0.3) is 0 Å². The Kier molecular flexibility index (Phi) is 2.72. The summed E-state index contributed by atoms with van der Waals surface area (Å²) in [5.41, 5.74) is -0.0317. The average Bonchev–Trinajstić information content (AvgIpc) is 2.81. The van der Waals surface area contributed by atoms with Crippen molar-refractivity contribution >= 4 is 5.78 Å². The molecule has 0 saturated carbocycles. The summed E-state index contributed by atoms with van der Waals surface area (Å²) in [6.45, 7) is 0. The van der Waals surface area contributed by atoms with E-state index in [0.717, 1.165) is 6.07 Å². The third-order valence-corrected chi connectivity index (χ3v) is 2.17. The van der Waals surface area contributed by atoms with Gasteiger partial charge in [-0.25, -0.2) is 4.39 Å². The van der Waals surface area contributed by atoms with Crippen LogP contribution in [0.4, 0.5) is 4.39 Å². The molecule has 16 heavy (non-hydrogen) atoms. The molecule has 82 valence electrons. The summed E-state index contributed by atoms with van der Waals surface area (Å²) in [4.78, 5) is 11.8. The Bertz CT molecular complexity index is 503. The molecule has 4 heteroatoms. The fourth-order valence-corrected chi connectivity index (χ4v) is 1.35. The minimum absolute atomic E-state index is 0.0317. The number of carbonyl (C=O) groups excluding carboxylic acids is 1. The lowest BCUT2D eigenvalue weighted by Gasteiger charge is -2.03. The van der Waals surface area contributed by atoms with Crippen LogP contribution in [0, 0.1) is 5.82 Å². The molecule has 1 aromatic heterocycles. The predicted molar refractivity (Wildman–Crippen MR) is 55.1 cm³/mol. The molecule has 3 nitrogen and oxygen atoms in total. The molecule has 0 unspecified atom stereocenters. The van der Waals surface area contributed by atoms with Gasteiger partial charge in [-0.3, -0.25) is 4.79 Å². The maximum atomic E-state index is 13.5. The van der Waals surface area contributed by atoms with Gasteiger partial charge in [-0.15, -0.1) is 0 Å². The summed E-state index contributed by atoms with van der Waals surface area (Å²) in [5, 5.41) is 0. The van der Waals surface area contributed by atoms with E-state index in [1.807, 2.05) is 0 Å². The highest BCUT2D eigenvalue weighted by Gasteiger charge is 2.16. The Morgan fingerprint density at radius 2 is 2.19 bits per heavy atom. The second kappa shape index (κ2) is 4.18. The van der Waals surface area contributed by atoms with E-state index in [-0.39, 0.29) is 11.3 Å². The summed E-state index contributed by atoms with van der Waals surface area (Å²) in [6.07, 6.45) is 1.37. The van der Waals surface area contributed by atoms with E-state index in [9.17, 15) is 9.18 Å². The largest absolute Gasteiger partial charge is 0.497 e. The zero-order valence-corrected chi connectivity index (χ0v) is 8.57. The number of hydrogen-bond acceptors (Lipinski definition) is 3. The number of halogens is 1. The molecule has 0 N–H and O–H groups in total. The summed E-state index contributed by atoms with van der Waals surface area (Å²) < 4.78 is 23.3. The van der Waals surface area contributed by atoms with Gasteiger partial charge in [-0.05, 0) is 24.3 Å². The number of methoxy groups -OCH3 is 1. The number of carbonyl (C=O) groups is 1. The minimum Gasteiger partial charge on any atom is -0.497 e. The number of ether oxygens (including phenoxy) is 1. The Morgan fingerprint density at radius 3 is 2.75 bits per heavy atom. The molecule has 0 fully saturated rings. The zero-order chi connectivity index (χ0) is 11.5. The van der Waals surface area contributed by atoms with Gasteiger partial charge < -0.3 is 9.15 Å². The fraction of sp³-hybridized carbons (Fsp3) is 0.0833. The minimum atomic E-state index is -0.624. The van der Waals surface area contributed by atoms with Gasteiger partial charge in [0.2, 0.25) is 5.78 Å². The lowest BCUT2D eigenvalue weighted by atomic mass is 10.1. The van der Waals surface area contributed by atoms with E-state index in [1.165, 1.54) is 31.6 Å². The maximum Gasteiger partial charge on any atom is 0.231 e. The van der Waals surface area contributed by atoms with E-state index in [1.54, 1.807) is 6.07 Å². The predicted octanol–water partition coefficient (Wildman–Crippen LogP) is 2.66. The standard InChI is InChI=1S/C12H9FO3/c1-15-8-4-5-9(10(13)7-8)12(14)11-3-2-6-16-11/h2-7H,1H3. The van der Waals surface area contributed by atoms with Crippen LogP contribution in [0.15, 0.2) is 41.0 Å². The zero-order valence-electron chi connectivity index (χ0n) is 8.57. The third-order valence-electron chi connectivity index (χ3n) is 2.17. The van der Waals surface area contributed by atoms with Crippen LogP contribution in [0.1, 0.15) is 16.1 Å². The van der Waals surface area contributed by atoms with E-state index in [0.29, 0.717) is 5.75 Å². The van der Waals surface area contributed by atoms with Crippen molar-refractivity contribution in [2.45, 2.75) is 0 Å². The molecule has 0 spiro atoms. The molecule has 0 amide bonds. The van der Waals surface area contributed by atoms with Crippen LogP contribution in [0.5, 0.6) is 5.75 Å². The highest BCUT2D eigenvalue weighted by molar-refractivity contribution is 6.07. The summed E-state index contributed by atoms with van der Waals surface area (Å²) in [6, 6.07) is 7.13. The molecule has 2 aromatic rings. The average molecular weight is 220 g/mol. The van der Waals surface area contributed by atoms with Gasteiger partial charge in [0.05, 0.1) is 18.9 Å². The van der Waals surface area contributed by atoms with Crippen molar-refractivity contribution in [2.24, 2.45) is 0 Å². The van der Waals surface area contributed by atoms with E-state index in [4.69, 9.17) is 9.15 Å². The van der Waals surface area contributed by atoms with Crippen LogP contribution in [0.25, 0.3) is 0 Å². The maximum absolute atomic E-state index is 13.5. The second-order valence-electron chi connectivity index (χ2n) is 3.15. The number of furan rings is 1. The lowest BCUT2D eigenvalue weighted by Crippen LogP contribution is -2.03. The third kappa shape index (κ3) is 1.82. The van der Waals surface area contributed by atoms with Crippen molar-refractivity contribution in [3.8, 4) is 5.75 Å². The molecule has 0 aliphatic carbocycles. The van der Waals surface area contributed by atoms with E-state index in [2.05, 4.69) is 0 Å². The Labute approximate surface area is 91.5 Å². The van der Waals surface area contributed by atoms with Crippen molar-refractivity contribution in [2.75, 3.05) is 7.11 Å². The fourth-order valence-electron chi connectivity index (χ4n) is 1.35. The molecule has 0 bridgehead atoms. The van der Waals surface area contributed by atoms with Gasteiger partial charge in [0, 0.05) is 6.07 Å². The van der Waals surface area contributed by atoms with Crippen LogP contribution in [0.3, 0.4) is 0 Å². The molecule has 0 saturated heterocycles. The highest BCUT2D eigenvalue weighted by Crippen LogP contribution is 2.19. The molecular formula is C12H9FO3. The quantitative estimate of drug-likeness (QED) is 0.746. The Hall–Kier alpha value is -2.10. The van der Waals surface area contributed by atoms with Crippen molar-refractivity contribution in [1.82, 2.24) is 0 Å². The first-order valence-electron chi connectivity index (χ1n) is 4.64. The molecule has 1 heterocycles. The van der Waals surface area contributed by atoms with Crippen molar-refractivity contribution in [1.29, 1.82) is 0 Å². The van der Waals surface area contributed by atoms with Crippen LogP contribution in [0.2, 0.25) is 0 Å². The van der Waals surface area contributed by atoms with Gasteiger partial charge in [0.15, 0.2) is 5.76 Å².